The average Bonchev–Trinajstić information content (AvgIpc) is 2.58. The van der Waals surface area contributed by atoms with Gasteiger partial charge in [-0.1, -0.05) is 0 Å². The van der Waals surface area contributed by atoms with Crippen LogP contribution in [-0.2, 0) is 0 Å². The Balaban J connectivity index is 2.31. The number of hydrogen-bond donors (Lipinski definition) is 0. The summed E-state index contributed by atoms with van der Waals surface area (Å²) >= 11 is 0. The van der Waals surface area contributed by atoms with Gasteiger partial charge in [0.2, 0.25) is 0 Å². The van der Waals surface area contributed by atoms with Crippen molar-refractivity contribution in [2.45, 2.75) is 0 Å². The first-order chi connectivity index (χ1) is 5.47. The standard InChI is InChI=1S/C7H5N4/c1-2-6(4-8-3-1)7-5-9-11-10-7/h1-5H. The first kappa shape index (κ1) is 6.03. The molecule has 1 aromatic rings. The molecule has 1 aliphatic rings. The smallest absolute Gasteiger partial charge is 0.116 e. The van der Waals surface area contributed by atoms with Crippen LogP contribution in [-0.4, -0.2) is 4.98 Å². The minimum atomic E-state index is 0.762. The monoisotopic (exact) mass is 145 g/mol. The molecule has 4 heteroatoms. The number of nitrogens with zero attached hydrogens (tertiary/aromatic N) is 4. The van der Waals surface area contributed by atoms with E-state index < -0.39 is 0 Å². The van der Waals surface area contributed by atoms with Crippen LogP contribution in [0.5, 0.6) is 0 Å². The van der Waals surface area contributed by atoms with E-state index in [2.05, 4.69) is 20.7 Å². The molecule has 0 atom stereocenters. The van der Waals surface area contributed by atoms with E-state index in [1.807, 2.05) is 12.1 Å². The van der Waals surface area contributed by atoms with Gasteiger partial charge in [0.25, 0.3) is 0 Å². The molecule has 0 fully saturated rings. The van der Waals surface area contributed by atoms with Gasteiger partial charge in [0.1, 0.15) is 5.70 Å². The second-order valence-corrected chi connectivity index (χ2v) is 2.06. The second kappa shape index (κ2) is 2.49. The van der Waals surface area contributed by atoms with E-state index in [1.54, 1.807) is 18.6 Å². The number of aromatic nitrogens is 1. The van der Waals surface area contributed by atoms with Gasteiger partial charge < -0.3 is 0 Å². The molecule has 2 rings (SSSR count). The van der Waals surface area contributed by atoms with Crippen molar-refractivity contribution in [1.29, 1.82) is 0 Å². The van der Waals surface area contributed by atoms with Crippen LogP contribution in [0.1, 0.15) is 5.56 Å². The van der Waals surface area contributed by atoms with Crippen molar-refractivity contribution in [3.63, 3.8) is 0 Å². The van der Waals surface area contributed by atoms with Crippen molar-refractivity contribution in [3.8, 4) is 0 Å². The minimum Gasteiger partial charge on any atom is -0.264 e. The Morgan fingerprint density at radius 2 is 2.27 bits per heavy atom. The molecule has 0 amide bonds. The predicted molar refractivity (Wildman–Crippen MR) is 39.2 cm³/mol. The molecule has 0 spiro atoms. The Hall–Kier alpha value is -1.71. The normalized spacial score (nSPS) is 14.4. The van der Waals surface area contributed by atoms with Gasteiger partial charge in [0, 0.05) is 18.0 Å². The fraction of sp³-hybridized carbons (Fsp3) is 0. The SMILES string of the molecule is C1=C(c2cccnc2)[N]N=N1. The van der Waals surface area contributed by atoms with E-state index in [0.29, 0.717) is 0 Å². The zero-order valence-electron chi connectivity index (χ0n) is 5.68. The van der Waals surface area contributed by atoms with E-state index in [1.165, 1.54) is 0 Å². The lowest BCUT2D eigenvalue weighted by Crippen LogP contribution is -1.91. The summed E-state index contributed by atoms with van der Waals surface area (Å²) in [7, 11) is 0. The number of hydrogen-bond acceptors (Lipinski definition) is 3. The minimum absolute atomic E-state index is 0.762. The van der Waals surface area contributed by atoms with Crippen LogP contribution in [0.15, 0.2) is 41.1 Å². The quantitative estimate of drug-likeness (QED) is 0.588. The molecule has 11 heavy (non-hydrogen) atoms. The van der Waals surface area contributed by atoms with Crippen LogP contribution < -0.4 is 5.43 Å². The number of rotatable bonds is 1. The molecule has 1 aromatic heterocycles. The fourth-order valence-electron chi connectivity index (χ4n) is 0.827. The second-order valence-electron chi connectivity index (χ2n) is 2.06. The Morgan fingerprint density at radius 1 is 1.27 bits per heavy atom. The predicted octanol–water partition coefficient (Wildman–Crippen LogP) is 1.37. The summed E-state index contributed by atoms with van der Waals surface area (Å²) in [5.41, 5.74) is 5.49. The Labute approximate surface area is 63.7 Å². The van der Waals surface area contributed by atoms with Gasteiger partial charge in [-0.3, -0.25) is 4.98 Å². The molecule has 0 bridgehead atoms. The van der Waals surface area contributed by atoms with E-state index in [9.17, 15) is 0 Å². The molecule has 0 saturated carbocycles. The summed E-state index contributed by atoms with van der Waals surface area (Å²) in [5.74, 6) is 0. The van der Waals surface area contributed by atoms with Gasteiger partial charge in [0.05, 0.1) is 6.20 Å². The third-order valence-electron chi connectivity index (χ3n) is 1.34. The maximum absolute atomic E-state index is 3.95. The number of pyridine rings is 1. The highest BCUT2D eigenvalue weighted by Gasteiger charge is 2.04. The van der Waals surface area contributed by atoms with Gasteiger partial charge in [-0.05, 0) is 17.4 Å². The molecule has 0 saturated heterocycles. The maximum Gasteiger partial charge on any atom is 0.116 e. The molecule has 2 heterocycles. The van der Waals surface area contributed by atoms with Crippen molar-refractivity contribution in [2.24, 2.45) is 10.3 Å². The zero-order valence-corrected chi connectivity index (χ0v) is 5.68. The van der Waals surface area contributed by atoms with Crippen LogP contribution in [0.2, 0.25) is 0 Å². The highest BCUT2D eigenvalue weighted by Crippen LogP contribution is 2.14. The molecular formula is C7H5N4. The van der Waals surface area contributed by atoms with Gasteiger partial charge in [-0.25, -0.2) is 0 Å². The third-order valence-corrected chi connectivity index (χ3v) is 1.34. The lowest BCUT2D eigenvalue weighted by Gasteiger charge is -1.94. The van der Waals surface area contributed by atoms with Crippen molar-refractivity contribution in [2.75, 3.05) is 0 Å². The molecule has 53 valence electrons. The van der Waals surface area contributed by atoms with Crippen molar-refractivity contribution in [1.82, 2.24) is 10.4 Å². The highest BCUT2D eigenvalue weighted by molar-refractivity contribution is 5.62. The van der Waals surface area contributed by atoms with Crippen molar-refractivity contribution < 1.29 is 0 Å². The lowest BCUT2D eigenvalue weighted by molar-refractivity contribution is 0.920. The zero-order chi connectivity index (χ0) is 7.52. The van der Waals surface area contributed by atoms with Crippen molar-refractivity contribution in [3.05, 3.63) is 36.3 Å². The summed E-state index contributed by atoms with van der Waals surface area (Å²) in [4.78, 5) is 3.95. The van der Waals surface area contributed by atoms with E-state index >= 15 is 0 Å². The van der Waals surface area contributed by atoms with Gasteiger partial charge in [-0.15, -0.1) is 10.5 Å². The Morgan fingerprint density at radius 3 is 2.91 bits per heavy atom. The lowest BCUT2D eigenvalue weighted by atomic mass is 10.2. The van der Waals surface area contributed by atoms with Crippen LogP contribution in [0.3, 0.4) is 0 Å². The molecular weight excluding hydrogens is 140 g/mol. The van der Waals surface area contributed by atoms with E-state index in [-0.39, 0.29) is 0 Å². The van der Waals surface area contributed by atoms with Gasteiger partial charge >= 0.3 is 0 Å². The van der Waals surface area contributed by atoms with E-state index in [4.69, 9.17) is 0 Å². The molecule has 0 aliphatic carbocycles. The Bertz CT molecular complexity index is 301. The Kier molecular flexibility index (Phi) is 1.37. The third kappa shape index (κ3) is 1.10. The average molecular weight is 145 g/mol. The van der Waals surface area contributed by atoms with Gasteiger partial charge in [0.15, 0.2) is 0 Å². The van der Waals surface area contributed by atoms with Crippen LogP contribution in [0.4, 0.5) is 0 Å². The highest BCUT2D eigenvalue weighted by atomic mass is 15.4. The first-order valence-electron chi connectivity index (χ1n) is 3.18. The topological polar surface area (TPSA) is 51.7 Å². The van der Waals surface area contributed by atoms with Crippen molar-refractivity contribution >= 4 is 5.70 Å². The van der Waals surface area contributed by atoms with Crippen LogP contribution >= 0.6 is 0 Å². The summed E-state index contributed by atoms with van der Waals surface area (Å²) in [6.07, 6.45) is 5.05. The summed E-state index contributed by atoms with van der Waals surface area (Å²) in [6, 6.07) is 3.77. The largest absolute Gasteiger partial charge is 0.264 e. The molecule has 0 N–H and O–H groups in total. The summed E-state index contributed by atoms with van der Waals surface area (Å²) in [6.45, 7) is 0. The van der Waals surface area contributed by atoms with Crippen LogP contribution in [0.25, 0.3) is 5.70 Å². The fourth-order valence-corrected chi connectivity index (χ4v) is 0.827. The molecule has 1 radical (unpaired) electrons. The summed E-state index contributed by atoms with van der Waals surface area (Å²) < 4.78 is 0. The first-order valence-corrected chi connectivity index (χ1v) is 3.18. The van der Waals surface area contributed by atoms with Gasteiger partial charge in [-0.2, -0.15) is 0 Å². The molecule has 0 aromatic carbocycles. The summed E-state index contributed by atoms with van der Waals surface area (Å²) in [5, 5.41) is 7.08. The maximum atomic E-state index is 3.95. The molecule has 0 unspecified atom stereocenters. The molecule has 1 aliphatic heterocycles. The van der Waals surface area contributed by atoms with E-state index in [0.717, 1.165) is 11.3 Å². The van der Waals surface area contributed by atoms with Crippen LogP contribution in [0, 0.1) is 0 Å². The molecule has 4 nitrogen and oxygen atoms in total.